The third kappa shape index (κ3) is 2.55. The molecule has 0 aromatic heterocycles. The second kappa shape index (κ2) is 6.21. The molecule has 0 spiro atoms. The van der Waals surface area contributed by atoms with Crippen LogP contribution in [0.4, 0.5) is 0 Å². The van der Waals surface area contributed by atoms with Gasteiger partial charge in [0.25, 0.3) is 0 Å². The van der Waals surface area contributed by atoms with Crippen molar-refractivity contribution in [1.29, 1.82) is 0 Å². The number of fused-ring (bicyclic) bond motifs is 1. The minimum Gasteiger partial charge on any atom is -0.341 e. The molecule has 2 fully saturated rings. The van der Waals surface area contributed by atoms with Gasteiger partial charge in [0, 0.05) is 31.2 Å². The van der Waals surface area contributed by atoms with Crippen LogP contribution >= 0.6 is 11.6 Å². The molecule has 1 aromatic rings. The number of amides is 1. The lowest BCUT2D eigenvalue weighted by molar-refractivity contribution is -0.137. The molecule has 2 aliphatic rings. The van der Waals surface area contributed by atoms with Crippen LogP contribution in [0.15, 0.2) is 24.3 Å². The number of rotatable bonds is 4. The quantitative estimate of drug-likeness (QED) is 0.924. The Bertz CT molecular complexity index is 527. The SMILES string of the molecule is CCC(CC)(C(=O)N1C[C@H]2CNC[C@H]2C1)c1ccc(Cl)cc1. The second-order valence-electron chi connectivity index (χ2n) is 6.68. The zero-order chi connectivity index (χ0) is 15.7. The molecule has 3 rings (SSSR count). The van der Waals surface area contributed by atoms with Gasteiger partial charge in [-0.3, -0.25) is 4.79 Å². The predicted molar refractivity (Wildman–Crippen MR) is 90.1 cm³/mol. The summed E-state index contributed by atoms with van der Waals surface area (Å²) in [7, 11) is 0. The lowest BCUT2D eigenvalue weighted by Crippen LogP contribution is -2.46. The maximum atomic E-state index is 13.3. The van der Waals surface area contributed by atoms with E-state index in [0.717, 1.165) is 49.6 Å². The second-order valence-corrected chi connectivity index (χ2v) is 7.12. The van der Waals surface area contributed by atoms with E-state index in [2.05, 4.69) is 24.1 Å². The maximum Gasteiger partial charge on any atom is 0.233 e. The number of carbonyl (C=O) groups is 1. The van der Waals surface area contributed by atoms with Crippen molar-refractivity contribution >= 4 is 17.5 Å². The zero-order valence-electron chi connectivity index (χ0n) is 13.4. The summed E-state index contributed by atoms with van der Waals surface area (Å²) in [5, 5.41) is 4.16. The normalized spacial score (nSPS) is 24.6. The Morgan fingerprint density at radius 1 is 1.18 bits per heavy atom. The average molecular weight is 321 g/mol. The van der Waals surface area contributed by atoms with Crippen LogP contribution in [0.2, 0.25) is 5.02 Å². The highest BCUT2D eigenvalue weighted by molar-refractivity contribution is 6.30. The number of carbonyl (C=O) groups excluding carboxylic acids is 1. The number of nitrogens with zero attached hydrogens (tertiary/aromatic N) is 1. The number of benzene rings is 1. The first-order valence-electron chi connectivity index (χ1n) is 8.37. The standard InChI is InChI=1S/C18H25ClN2O/c1-3-18(4-2,15-5-7-16(19)8-6-15)17(22)21-11-13-9-20-10-14(13)12-21/h5-8,13-14,20H,3-4,9-12H2,1-2H3/t13-,14+. The van der Waals surface area contributed by atoms with Gasteiger partial charge in [-0.1, -0.05) is 37.6 Å². The summed E-state index contributed by atoms with van der Waals surface area (Å²) in [5.41, 5.74) is 0.693. The van der Waals surface area contributed by atoms with Crippen LogP contribution in [-0.4, -0.2) is 37.0 Å². The van der Waals surface area contributed by atoms with Crippen LogP contribution in [-0.2, 0) is 10.2 Å². The van der Waals surface area contributed by atoms with E-state index in [-0.39, 0.29) is 0 Å². The summed E-state index contributed by atoms with van der Waals surface area (Å²) in [5.74, 6) is 1.58. The summed E-state index contributed by atoms with van der Waals surface area (Å²) >= 11 is 6.02. The summed E-state index contributed by atoms with van der Waals surface area (Å²) in [6.45, 7) is 8.17. The fourth-order valence-corrected chi connectivity index (χ4v) is 4.30. The van der Waals surface area contributed by atoms with Crippen molar-refractivity contribution in [3.8, 4) is 0 Å². The zero-order valence-corrected chi connectivity index (χ0v) is 14.2. The smallest absolute Gasteiger partial charge is 0.233 e. The van der Waals surface area contributed by atoms with Crippen molar-refractivity contribution in [2.75, 3.05) is 26.2 Å². The third-order valence-electron chi connectivity index (χ3n) is 5.69. The molecule has 1 N–H and O–H groups in total. The van der Waals surface area contributed by atoms with E-state index in [1.54, 1.807) is 0 Å². The highest BCUT2D eigenvalue weighted by Crippen LogP contribution is 2.37. The van der Waals surface area contributed by atoms with Crippen LogP contribution in [0.3, 0.4) is 0 Å². The van der Waals surface area contributed by atoms with Crippen molar-refractivity contribution in [2.24, 2.45) is 11.8 Å². The van der Waals surface area contributed by atoms with Crippen molar-refractivity contribution < 1.29 is 4.79 Å². The van der Waals surface area contributed by atoms with Gasteiger partial charge in [-0.2, -0.15) is 0 Å². The van der Waals surface area contributed by atoms with Gasteiger partial charge in [-0.15, -0.1) is 0 Å². The van der Waals surface area contributed by atoms with Gasteiger partial charge in [-0.25, -0.2) is 0 Å². The lowest BCUT2D eigenvalue weighted by atomic mass is 9.74. The molecule has 0 saturated carbocycles. The number of hydrogen-bond donors (Lipinski definition) is 1. The van der Waals surface area contributed by atoms with Gasteiger partial charge < -0.3 is 10.2 Å². The maximum absolute atomic E-state index is 13.3. The van der Waals surface area contributed by atoms with Gasteiger partial charge in [0.1, 0.15) is 0 Å². The first kappa shape index (κ1) is 15.8. The Kier molecular flexibility index (Phi) is 4.47. The van der Waals surface area contributed by atoms with E-state index in [4.69, 9.17) is 11.6 Å². The van der Waals surface area contributed by atoms with Crippen LogP contribution in [0.25, 0.3) is 0 Å². The van der Waals surface area contributed by atoms with Gasteiger partial charge in [-0.05, 0) is 42.4 Å². The van der Waals surface area contributed by atoms with Crippen molar-refractivity contribution in [3.63, 3.8) is 0 Å². The van der Waals surface area contributed by atoms with E-state index in [9.17, 15) is 4.79 Å². The summed E-state index contributed by atoms with van der Waals surface area (Å²) in [6, 6.07) is 7.83. The number of nitrogens with one attached hydrogen (secondary N) is 1. The van der Waals surface area contributed by atoms with Crippen LogP contribution in [0.5, 0.6) is 0 Å². The Balaban J connectivity index is 1.87. The molecule has 0 aliphatic carbocycles. The molecule has 3 nitrogen and oxygen atoms in total. The highest BCUT2D eigenvalue weighted by Gasteiger charge is 2.45. The number of likely N-dealkylation sites (tertiary alicyclic amines) is 1. The largest absolute Gasteiger partial charge is 0.341 e. The molecular weight excluding hydrogens is 296 g/mol. The molecule has 120 valence electrons. The fraction of sp³-hybridized carbons (Fsp3) is 0.611. The monoisotopic (exact) mass is 320 g/mol. The van der Waals surface area contributed by atoms with Gasteiger partial charge in [0.15, 0.2) is 0 Å². The minimum atomic E-state index is -0.406. The highest BCUT2D eigenvalue weighted by atomic mass is 35.5. The minimum absolute atomic E-state index is 0.300. The van der Waals surface area contributed by atoms with Gasteiger partial charge in [0.05, 0.1) is 5.41 Å². The molecular formula is C18H25ClN2O. The van der Waals surface area contributed by atoms with Crippen molar-refractivity contribution in [3.05, 3.63) is 34.9 Å². The topological polar surface area (TPSA) is 32.3 Å². The fourth-order valence-electron chi connectivity index (χ4n) is 4.18. The van der Waals surface area contributed by atoms with E-state index in [1.807, 2.05) is 24.3 Å². The van der Waals surface area contributed by atoms with Gasteiger partial charge in [0.2, 0.25) is 5.91 Å². The summed E-state index contributed by atoms with van der Waals surface area (Å²) < 4.78 is 0. The molecule has 2 heterocycles. The van der Waals surface area contributed by atoms with Crippen LogP contribution in [0.1, 0.15) is 32.3 Å². The molecule has 4 heteroatoms. The number of hydrogen-bond acceptors (Lipinski definition) is 2. The summed E-state index contributed by atoms with van der Waals surface area (Å²) in [6.07, 6.45) is 1.65. The number of halogens is 1. The van der Waals surface area contributed by atoms with Crippen molar-refractivity contribution in [2.45, 2.75) is 32.1 Å². The Hall–Kier alpha value is -1.06. The van der Waals surface area contributed by atoms with Crippen LogP contribution in [0, 0.1) is 11.8 Å². The van der Waals surface area contributed by atoms with E-state index < -0.39 is 5.41 Å². The Morgan fingerprint density at radius 2 is 1.73 bits per heavy atom. The van der Waals surface area contributed by atoms with Gasteiger partial charge >= 0.3 is 0 Å². The van der Waals surface area contributed by atoms with Crippen molar-refractivity contribution in [1.82, 2.24) is 10.2 Å². The lowest BCUT2D eigenvalue weighted by Gasteiger charge is -2.35. The Labute approximate surface area is 138 Å². The predicted octanol–water partition coefficient (Wildman–Crippen LogP) is 3.08. The van der Waals surface area contributed by atoms with E-state index >= 15 is 0 Å². The molecule has 22 heavy (non-hydrogen) atoms. The average Bonchev–Trinajstić information content (AvgIpc) is 3.12. The molecule has 0 unspecified atom stereocenters. The molecule has 0 radical (unpaired) electrons. The first-order valence-corrected chi connectivity index (χ1v) is 8.74. The molecule has 1 amide bonds. The molecule has 2 aliphatic heterocycles. The molecule has 0 bridgehead atoms. The summed E-state index contributed by atoms with van der Waals surface area (Å²) in [4.78, 5) is 15.4. The third-order valence-corrected chi connectivity index (χ3v) is 5.94. The molecule has 2 atom stereocenters. The molecule has 2 saturated heterocycles. The first-order chi connectivity index (χ1) is 10.6. The van der Waals surface area contributed by atoms with E-state index in [1.165, 1.54) is 0 Å². The van der Waals surface area contributed by atoms with Crippen LogP contribution < -0.4 is 5.32 Å². The van der Waals surface area contributed by atoms with E-state index in [0.29, 0.717) is 17.7 Å². The Morgan fingerprint density at radius 3 is 2.23 bits per heavy atom. The molecule has 1 aromatic carbocycles.